The van der Waals surface area contributed by atoms with Crippen molar-refractivity contribution in [3.63, 3.8) is 0 Å². The van der Waals surface area contributed by atoms with Gasteiger partial charge < -0.3 is 9.84 Å². The molecule has 0 saturated carbocycles. The van der Waals surface area contributed by atoms with Crippen LogP contribution in [0, 0.1) is 0 Å². The highest BCUT2D eigenvalue weighted by molar-refractivity contribution is 5.79. The van der Waals surface area contributed by atoms with E-state index in [-0.39, 0.29) is 5.83 Å². The Hall–Kier alpha value is -3.14. The fourth-order valence-corrected chi connectivity index (χ4v) is 1.72. The van der Waals surface area contributed by atoms with Crippen LogP contribution in [0.15, 0.2) is 73.5 Å². The summed E-state index contributed by atoms with van der Waals surface area (Å²) in [6, 6.07) is 16.7. The molecule has 0 unspecified atom stereocenters. The standard InChI is InChI=1S/C16H13F.C4H6O3/c1-2-13-9-6-10-15(11-13)16(17)12-14-7-4-3-5-8-14;1-7-3-2-4(5)6/h2-12H,1H2;2-3H,1H3,(H,5,6). The highest BCUT2D eigenvalue weighted by Gasteiger charge is 2.00. The molecule has 0 aliphatic heterocycles. The van der Waals surface area contributed by atoms with Gasteiger partial charge in [-0.05, 0) is 23.3 Å². The van der Waals surface area contributed by atoms with E-state index in [2.05, 4.69) is 11.3 Å². The predicted molar refractivity (Wildman–Crippen MR) is 95.7 cm³/mol. The number of rotatable bonds is 5. The number of carboxylic acid groups (broad SMARTS) is 1. The van der Waals surface area contributed by atoms with Crippen LogP contribution in [-0.4, -0.2) is 18.2 Å². The number of benzene rings is 2. The lowest BCUT2D eigenvalue weighted by Crippen LogP contribution is -1.85. The Kier molecular flexibility index (Phi) is 8.32. The normalized spacial score (nSPS) is 10.7. The van der Waals surface area contributed by atoms with E-state index >= 15 is 0 Å². The molecule has 0 radical (unpaired) electrons. The molecule has 0 atom stereocenters. The molecule has 1 N–H and O–H groups in total. The summed E-state index contributed by atoms with van der Waals surface area (Å²) in [4.78, 5) is 9.59. The summed E-state index contributed by atoms with van der Waals surface area (Å²) in [6.07, 6.45) is 5.25. The fraction of sp³-hybridized carbons (Fsp3) is 0.0500. The van der Waals surface area contributed by atoms with E-state index in [1.165, 1.54) is 13.2 Å². The molecule has 4 heteroatoms. The quantitative estimate of drug-likeness (QED) is 0.476. The van der Waals surface area contributed by atoms with E-state index in [0.717, 1.165) is 23.5 Å². The molecule has 0 fully saturated rings. The summed E-state index contributed by atoms with van der Waals surface area (Å²) in [5.41, 5.74) is 2.35. The molecule has 124 valence electrons. The topological polar surface area (TPSA) is 46.5 Å². The van der Waals surface area contributed by atoms with Crippen LogP contribution < -0.4 is 0 Å². The lowest BCUT2D eigenvalue weighted by Gasteiger charge is -2.00. The van der Waals surface area contributed by atoms with Crippen molar-refractivity contribution in [1.82, 2.24) is 0 Å². The van der Waals surface area contributed by atoms with Crippen molar-refractivity contribution in [2.75, 3.05) is 7.11 Å². The van der Waals surface area contributed by atoms with E-state index in [9.17, 15) is 9.18 Å². The number of ether oxygens (including phenoxy) is 1. The third kappa shape index (κ3) is 7.22. The largest absolute Gasteiger partial charge is 0.504 e. The Bertz CT molecular complexity index is 719. The van der Waals surface area contributed by atoms with Gasteiger partial charge in [0.2, 0.25) is 0 Å². The zero-order valence-corrected chi connectivity index (χ0v) is 13.4. The van der Waals surface area contributed by atoms with Gasteiger partial charge >= 0.3 is 5.97 Å². The highest BCUT2D eigenvalue weighted by Crippen LogP contribution is 2.20. The van der Waals surface area contributed by atoms with E-state index in [1.807, 2.05) is 42.5 Å². The molecule has 2 rings (SSSR count). The molecule has 0 aromatic heterocycles. The fourth-order valence-electron chi connectivity index (χ4n) is 1.72. The molecule has 0 heterocycles. The van der Waals surface area contributed by atoms with Crippen LogP contribution in [0.5, 0.6) is 0 Å². The molecule has 24 heavy (non-hydrogen) atoms. The third-order valence-electron chi connectivity index (χ3n) is 2.84. The van der Waals surface area contributed by atoms with Gasteiger partial charge in [-0.25, -0.2) is 9.18 Å². The average molecular weight is 326 g/mol. The molecule has 0 amide bonds. The van der Waals surface area contributed by atoms with Gasteiger partial charge in [-0.2, -0.15) is 0 Å². The first-order valence-electron chi connectivity index (χ1n) is 7.14. The van der Waals surface area contributed by atoms with Gasteiger partial charge in [-0.1, -0.05) is 61.2 Å². The maximum absolute atomic E-state index is 14.0. The van der Waals surface area contributed by atoms with Crippen LogP contribution in [0.3, 0.4) is 0 Å². The first-order chi connectivity index (χ1) is 11.6. The van der Waals surface area contributed by atoms with Crippen molar-refractivity contribution < 1.29 is 19.0 Å². The maximum atomic E-state index is 14.0. The molecule has 2 aromatic rings. The highest BCUT2D eigenvalue weighted by atomic mass is 19.1. The lowest BCUT2D eigenvalue weighted by molar-refractivity contribution is -0.131. The first-order valence-corrected chi connectivity index (χ1v) is 7.14. The van der Waals surface area contributed by atoms with Gasteiger partial charge in [0.1, 0.15) is 5.83 Å². The number of halogens is 1. The van der Waals surface area contributed by atoms with Gasteiger partial charge in [-0.15, -0.1) is 0 Å². The number of hydrogen-bond donors (Lipinski definition) is 1. The minimum absolute atomic E-state index is 0.236. The minimum atomic E-state index is -0.998. The molecule has 0 aliphatic rings. The van der Waals surface area contributed by atoms with Crippen LogP contribution in [0.25, 0.3) is 18.0 Å². The van der Waals surface area contributed by atoms with Gasteiger partial charge in [0.05, 0.1) is 19.4 Å². The van der Waals surface area contributed by atoms with Crippen molar-refractivity contribution >= 4 is 23.9 Å². The second-order valence-corrected chi connectivity index (χ2v) is 4.61. The van der Waals surface area contributed by atoms with E-state index in [4.69, 9.17) is 5.11 Å². The van der Waals surface area contributed by atoms with E-state index in [1.54, 1.807) is 18.2 Å². The van der Waals surface area contributed by atoms with Crippen molar-refractivity contribution in [3.05, 3.63) is 90.2 Å². The number of aliphatic carboxylic acids is 1. The molecule has 2 aromatic carbocycles. The number of methoxy groups -OCH3 is 1. The van der Waals surface area contributed by atoms with Crippen molar-refractivity contribution in [3.8, 4) is 0 Å². The number of carbonyl (C=O) groups is 1. The summed E-state index contributed by atoms with van der Waals surface area (Å²) in [5, 5.41) is 7.88. The monoisotopic (exact) mass is 326 g/mol. The van der Waals surface area contributed by atoms with Crippen LogP contribution in [0.1, 0.15) is 16.7 Å². The third-order valence-corrected chi connectivity index (χ3v) is 2.84. The van der Waals surface area contributed by atoms with E-state index < -0.39 is 5.97 Å². The van der Waals surface area contributed by atoms with Gasteiger partial charge in [0.25, 0.3) is 0 Å². The van der Waals surface area contributed by atoms with Gasteiger partial charge in [0.15, 0.2) is 0 Å². The molecular weight excluding hydrogens is 307 g/mol. The zero-order chi connectivity index (χ0) is 17.8. The smallest absolute Gasteiger partial charge is 0.331 e. The maximum Gasteiger partial charge on any atom is 0.331 e. The molecule has 0 spiro atoms. The van der Waals surface area contributed by atoms with Crippen molar-refractivity contribution in [1.29, 1.82) is 0 Å². The van der Waals surface area contributed by atoms with Crippen LogP contribution in [0.2, 0.25) is 0 Å². The van der Waals surface area contributed by atoms with Crippen LogP contribution in [-0.2, 0) is 9.53 Å². The zero-order valence-electron chi connectivity index (χ0n) is 13.4. The molecule has 0 aliphatic carbocycles. The SMILES string of the molecule is C=Cc1cccc(C(F)=Cc2ccccc2)c1.COC=CC(=O)O. The summed E-state index contributed by atoms with van der Waals surface area (Å²) >= 11 is 0. The second-order valence-electron chi connectivity index (χ2n) is 4.61. The Morgan fingerprint density at radius 1 is 1.12 bits per heavy atom. The van der Waals surface area contributed by atoms with Crippen molar-refractivity contribution in [2.24, 2.45) is 0 Å². The van der Waals surface area contributed by atoms with Gasteiger partial charge in [0, 0.05) is 5.56 Å². The molecular formula is C20H19FO3. The molecule has 0 saturated heterocycles. The Morgan fingerprint density at radius 2 is 1.79 bits per heavy atom. The predicted octanol–water partition coefficient (Wildman–Crippen LogP) is 5.03. The Balaban J connectivity index is 0.000000351. The van der Waals surface area contributed by atoms with E-state index in [0.29, 0.717) is 5.56 Å². The Morgan fingerprint density at radius 3 is 2.33 bits per heavy atom. The lowest BCUT2D eigenvalue weighted by atomic mass is 10.1. The average Bonchev–Trinajstić information content (AvgIpc) is 2.61. The summed E-state index contributed by atoms with van der Waals surface area (Å²) < 4.78 is 18.3. The molecule has 0 bridgehead atoms. The van der Waals surface area contributed by atoms with Gasteiger partial charge in [-0.3, -0.25) is 0 Å². The Labute approximate surface area is 141 Å². The van der Waals surface area contributed by atoms with Crippen LogP contribution in [0.4, 0.5) is 4.39 Å². The minimum Gasteiger partial charge on any atom is -0.504 e. The molecule has 3 nitrogen and oxygen atoms in total. The first kappa shape index (κ1) is 18.9. The van der Waals surface area contributed by atoms with Crippen LogP contribution >= 0.6 is 0 Å². The number of carboxylic acids is 1. The summed E-state index contributed by atoms with van der Waals surface area (Å²) in [7, 11) is 1.39. The summed E-state index contributed by atoms with van der Waals surface area (Å²) in [5.74, 6) is -1.23. The second kappa shape index (κ2) is 10.6. The summed E-state index contributed by atoms with van der Waals surface area (Å²) in [6.45, 7) is 3.67. The van der Waals surface area contributed by atoms with Crippen molar-refractivity contribution in [2.45, 2.75) is 0 Å². The number of hydrogen-bond acceptors (Lipinski definition) is 2.